The quantitative estimate of drug-likeness (QED) is 0.799. The number of rotatable bonds is 1. The zero-order valence-corrected chi connectivity index (χ0v) is 9.34. The molecular formula is C10H12ClN3O. The van der Waals surface area contributed by atoms with Crippen molar-refractivity contribution >= 4 is 29.3 Å². The number of pyridine rings is 2. The molecule has 0 saturated carbocycles. The lowest BCUT2D eigenvalue weighted by atomic mass is 10.3. The molecule has 2 rings (SSSR count). The summed E-state index contributed by atoms with van der Waals surface area (Å²) in [7, 11) is 3.86. The van der Waals surface area contributed by atoms with Crippen molar-refractivity contribution in [3.8, 4) is 0 Å². The van der Waals surface area contributed by atoms with Gasteiger partial charge in [-0.05, 0) is 18.2 Å². The fourth-order valence-corrected chi connectivity index (χ4v) is 1.27. The van der Waals surface area contributed by atoms with Gasteiger partial charge in [0.2, 0.25) is 5.56 Å². The van der Waals surface area contributed by atoms with E-state index >= 15 is 0 Å². The van der Waals surface area contributed by atoms with Crippen LogP contribution in [0.15, 0.2) is 29.1 Å². The number of anilines is 1. The molecule has 80 valence electrons. The van der Waals surface area contributed by atoms with Crippen molar-refractivity contribution < 1.29 is 0 Å². The molecule has 0 aromatic carbocycles. The van der Waals surface area contributed by atoms with E-state index in [9.17, 15) is 4.79 Å². The van der Waals surface area contributed by atoms with E-state index in [1.54, 1.807) is 6.07 Å². The first-order valence-electron chi connectivity index (χ1n) is 4.34. The Bertz CT molecular complexity index is 521. The van der Waals surface area contributed by atoms with Crippen LogP contribution < -0.4 is 10.5 Å². The minimum absolute atomic E-state index is 0. The fraction of sp³-hybridized carbons (Fsp3) is 0.200. The smallest absolute Gasteiger partial charge is 0.248 e. The Morgan fingerprint density at radius 1 is 1.20 bits per heavy atom. The highest BCUT2D eigenvalue weighted by Gasteiger charge is 1.99. The molecule has 0 aliphatic heterocycles. The highest BCUT2D eigenvalue weighted by molar-refractivity contribution is 5.85. The molecule has 0 fully saturated rings. The number of aromatic amines is 1. The number of H-pyrrole nitrogens is 1. The lowest BCUT2D eigenvalue weighted by molar-refractivity contribution is 1.08. The Hall–Kier alpha value is -1.55. The lowest BCUT2D eigenvalue weighted by Crippen LogP contribution is -2.11. The third kappa shape index (κ3) is 2.27. The molecule has 0 spiro atoms. The highest BCUT2D eigenvalue weighted by Crippen LogP contribution is 2.12. The highest BCUT2D eigenvalue weighted by atomic mass is 35.5. The van der Waals surface area contributed by atoms with Gasteiger partial charge in [-0.15, -0.1) is 12.4 Å². The van der Waals surface area contributed by atoms with Crippen LogP contribution in [0.4, 0.5) is 5.82 Å². The van der Waals surface area contributed by atoms with E-state index in [1.807, 2.05) is 31.1 Å². The molecule has 2 aromatic heterocycles. The van der Waals surface area contributed by atoms with E-state index in [0.717, 1.165) is 16.9 Å². The number of hydrogen-bond acceptors (Lipinski definition) is 3. The van der Waals surface area contributed by atoms with Gasteiger partial charge in [-0.2, -0.15) is 0 Å². The number of hydrogen-bond donors (Lipinski definition) is 1. The summed E-state index contributed by atoms with van der Waals surface area (Å²) in [4.78, 5) is 20.0. The van der Waals surface area contributed by atoms with E-state index in [4.69, 9.17) is 0 Å². The Kier molecular flexibility index (Phi) is 3.31. The summed E-state index contributed by atoms with van der Waals surface area (Å²) in [6.07, 6.45) is 0. The third-order valence-corrected chi connectivity index (χ3v) is 2.02. The summed E-state index contributed by atoms with van der Waals surface area (Å²) in [6, 6.07) is 6.94. The molecule has 15 heavy (non-hydrogen) atoms. The largest absolute Gasteiger partial charge is 0.363 e. The van der Waals surface area contributed by atoms with E-state index in [1.165, 1.54) is 6.07 Å². The number of nitrogens with one attached hydrogen (secondary N) is 1. The summed E-state index contributed by atoms with van der Waals surface area (Å²) in [5, 5.41) is 0. The Morgan fingerprint density at radius 3 is 2.60 bits per heavy atom. The van der Waals surface area contributed by atoms with E-state index < -0.39 is 0 Å². The van der Waals surface area contributed by atoms with Crippen LogP contribution in [0.25, 0.3) is 11.0 Å². The molecule has 0 atom stereocenters. The number of nitrogens with zero attached hydrogens (tertiary/aromatic N) is 2. The van der Waals surface area contributed by atoms with Crippen molar-refractivity contribution in [3.05, 3.63) is 34.6 Å². The zero-order chi connectivity index (χ0) is 10.1. The molecule has 0 radical (unpaired) electrons. The van der Waals surface area contributed by atoms with Gasteiger partial charge in [0, 0.05) is 20.2 Å². The lowest BCUT2D eigenvalue weighted by Gasteiger charge is -2.10. The molecule has 2 aromatic rings. The Balaban J connectivity index is 0.00000112. The average molecular weight is 226 g/mol. The standard InChI is InChI=1S/C10H11N3O.ClH/c1-13(2)9-5-3-8-7(11-9)4-6-10(14)12-8;/h3-6H,1-2H3,(H,12,14);1H. The second-order valence-electron chi connectivity index (χ2n) is 3.32. The van der Waals surface area contributed by atoms with Crippen molar-refractivity contribution in [3.63, 3.8) is 0 Å². The number of aromatic nitrogens is 2. The van der Waals surface area contributed by atoms with Gasteiger partial charge in [0.15, 0.2) is 0 Å². The molecule has 5 heteroatoms. The second kappa shape index (κ2) is 4.31. The summed E-state index contributed by atoms with van der Waals surface area (Å²) in [5.41, 5.74) is 1.47. The van der Waals surface area contributed by atoms with Gasteiger partial charge in [0.1, 0.15) is 5.82 Å². The van der Waals surface area contributed by atoms with Crippen molar-refractivity contribution in [2.24, 2.45) is 0 Å². The maximum Gasteiger partial charge on any atom is 0.248 e. The minimum atomic E-state index is -0.100. The first kappa shape index (κ1) is 11.5. The number of fused-ring (bicyclic) bond motifs is 1. The van der Waals surface area contributed by atoms with Gasteiger partial charge in [-0.3, -0.25) is 4.79 Å². The van der Waals surface area contributed by atoms with Crippen molar-refractivity contribution in [2.45, 2.75) is 0 Å². The first-order valence-corrected chi connectivity index (χ1v) is 4.34. The molecule has 0 aliphatic rings. The number of halogens is 1. The molecule has 0 aliphatic carbocycles. The molecule has 0 bridgehead atoms. The molecule has 0 amide bonds. The van der Waals surface area contributed by atoms with E-state index in [0.29, 0.717) is 0 Å². The predicted octanol–water partition coefficient (Wildman–Crippen LogP) is 1.41. The molecular weight excluding hydrogens is 214 g/mol. The van der Waals surface area contributed by atoms with Crippen LogP contribution in [0.2, 0.25) is 0 Å². The van der Waals surface area contributed by atoms with Gasteiger partial charge < -0.3 is 9.88 Å². The summed E-state index contributed by atoms with van der Waals surface area (Å²) in [6.45, 7) is 0. The van der Waals surface area contributed by atoms with Crippen molar-refractivity contribution in [1.29, 1.82) is 0 Å². The van der Waals surface area contributed by atoms with Crippen LogP contribution in [0, 0.1) is 0 Å². The van der Waals surface area contributed by atoms with E-state index in [-0.39, 0.29) is 18.0 Å². The Labute approximate surface area is 93.4 Å². The summed E-state index contributed by atoms with van der Waals surface area (Å²) in [5.74, 6) is 0.879. The van der Waals surface area contributed by atoms with Crippen LogP contribution in [-0.2, 0) is 0 Å². The topological polar surface area (TPSA) is 49.0 Å². The SMILES string of the molecule is CN(C)c1ccc2[nH]c(=O)ccc2n1.Cl. The maximum atomic E-state index is 11.0. The van der Waals surface area contributed by atoms with Gasteiger partial charge in [0.25, 0.3) is 0 Å². The van der Waals surface area contributed by atoms with E-state index in [2.05, 4.69) is 9.97 Å². The first-order chi connectivity index (χ1) is 6.66. The zero-order valence-electron chi connectivity index (χ0n) is 8.52. The average Bonchev–Trinajstić information content (AvgIpc) is 2.16. The van der Waals surface area contributed by atoms with Crippen LogP contribution >= 0.6 is 12.4 Å². The molecule has 1 N–H and O–H groups in total. The fourth-order valence-electron chi connectivity index (χ4n) is 1.27. The van der Waals surface area contributed by atoms with Crippen LogP contribution in [0.3, 0.4) is 0 Å². The monoisotopic (exact) mass is 225 g/mol. The molecule has 2 heterocycles. The van der Waals surface area contributed by atoms with Crippen LogP contribution in [-0.4, -0.2) is 24.1 Å². The van der Waals surface area contributed by atoms with Gasteiger partial charge in [0.05, 0.1) is 11.0 Å². The molecule has 0 unspecified atom stereocenters. The minimum Gasteiger partial charge on any atom is -0.363 e. The Morgan fingerprint density at radius 2 is 1.93 bits per heavy atom. The van der Waals surface area contributed by atoms with Gasteiger partial charge in [-0.1, -0.05) is 0 Å². The second-order valence-corrected chi connectivity index (χ2v) is 3.32. The maximum absolute atomic E-state index is 11.0. The summed E-state index contributed by atoms with van der Waals surface area (Å²) >= 11 is 0. The van der Waals surface area contributed by atoms with Crippen molar-refractivity contribution in [2.75, 3.05) is 19.0 Å². The summed E-state index contributed by atoms with van der Waals surface area (Å²) < 4.78 is 0. The predicted molar refractivity (Wildman–Crippen MR) is 63.9 cm³/mol. The molecule has 4 nitrogen and oxygen atoms in total. The molecule has 0 saturated heterocycles. The van der Waals surface area contributed by atoms with Crippen LogP contribution in [0.5, 0.6) is 0 Å². The normalized spacial score (nSPS) is 9.73. The van der Waals surface area contributed by atoms with Gasteiger partial charge >= 0.3 is 0 Å². The van der Waals surface area contributed by atoms with Crippen molar-refractivity contribution in [1.82, 2.24) is 9.97 Å². The third-order valence-electron chi connectivity index (χ3n) is 2.02. The van der Waals surface area contributed by atoms with Crippen LogP contribution in [0.1, 0.15) is 0 Å². The van der Waals surface area contributed by atoms with Gasteiger partial charge in [-0.25, -0.2) is 4.98 Å².